The van der Waals surface area contributed by atoms with E-state index < -0.39 is 0 Å². The Balaban J connectivity index is 1.13. The van der Waals surface area contributed by atoms with E-state index in [1.807, 2.05) is 67.0 Å². The van der Waals surface area contributed by atoms with Crippen LogP contribution >= 0.6 is 0 Å². The normalized spacial score (nSPS) is 12.5. The third-order valence-electron chi connectivity index (χ3n) is 11.1. The van der Waals surface area contributed by atoms with E-state index in [9.17, 15) is 0 Å². The summed E-state index contributed by atoms with van der Waals surface area (Å²) in [6.45, 7) is 4.60. The van der Waals surface area contributed by atoms with Gasteiger partial charge in [-0.25, -0.2) is 15.0 Å². The average molecular weight is 732 g/mol. The van der Waals surface area contributed by atoms with E-state index >= 15 is 0 Å². The fourth-order valence-corrected chi connectivity index (χ4v) is 8.02. The second-order valence-corrected chi connectivity index (χ2v) is 15.0. The third kappa shape index (κ3) is 6.39. The van der Waals surface area contributed by atoms with E-state index in [0.717, 1.165) is 61.5 Å². The van der Waals surface area contributed by atoms with Crippen LogP contribution in [0, 0.1) is 0 Å². The van der Waals surface area contributed by atoms with Crippen molar-refractivity contribution >= 4 is 0 Å². The molecule has 270 valence electrons. The van der Waals surface area contributed by atoms with E-state index in [2.05, 4.69) is 145 Å². The predicted molar refractivity (Wildman–Crippen MR) is 231 cm³/mol. The lowest BCUT2D eigenvalue weighted by atomic mass is 9.82. The van der Waals surface area contributed by atoms with Crippen molar-refractivity contribution in [3.63, 3.8) is 0 Å². The molecule has 0 saturated carbocycles. The van der Waals surface area contributed by atoms with E-state index in [1.165, 1.54) is 22.3 Å². The molecule has 0 amide bonds. The van der Waals surface area contributed by atoms with Crippen LogP contribution in [0.5, 0.6) is 0 Å². The van der Waals surface area contributed by atoms with Gasteiger partial charge >= 0.3 is 0 Å². The van der Waals surface area contributed by atoms with Gasteiger partial charge in [0, 0.05) is 45.6 Å². The lowest BCUT2D eigenvalue weighted by Gasteiger charge is -2.21. The Morgan fingerprint density at radius 2 is 0.772 bits per heavy atom. The first-order valence-electron chi connectivity index (χ1n) is 19.2. The second-order valence-electron chi connectivity index (χ2n) is 15.0. The molecule has 6 aromatic carbocycles. The van der Waals surface area contributed by atoms with Crippen molar-refractivity contribution < 1.29 is 0 Å². The number of fused-ring (bicyclic) bond motifs is 3. The highest BCUT2D eigenvalue weighted by molar-refractivity contribution is 5.84. The molecule has 0 atom stereocenters. The van der Waals surface area contributed by atoms with Crippen LogP contribution in [0.15, 0.2) is 188 Å². The number of hydrogen-bond acceptors (Lipinski definition) is 5. The standard InChI is InChI=1S/C52H37N5/c1-52(2)45-15-7-6-14-43(45)44-27-26-39(33-46(44)52)50-55-49(38-12-4-3-5-13-38)56-51(57-50)42-31-40(34-18-22-36(23-19-34)47-16-8-10-28-53-47)30-41(32-42)35-20-24-37(25-21-35)48-17-9-11-29-54-48/h3-33H,1-2H3. The fourth-order valence-electron chi connectivity index (χ4n) is 8.02. The summed E-state index contributed by atoms with van der Waals surface area (Å²) in [5, 5.41) is 0. The summed E-state index contributed by atoms with van der Waals surface area (Å²) in [5.74, 6) is 1.88. The molecule has 57 heavy (non-hydrogen) atoms. The van der Waals surface area contributed by atoms with E-state index in [1.54, 1.807) is 0 Å². The SMILES string of the molecule is CC1(C)c2ccccc2-c2ccc(-c3nc(-c4ccccc4)nc(-c4cc(-c5ccc(-c6ccccn6)cc5)cc(-c5ccc(-c6ccccn6)cc5)c4)n3)cc21. The Bertz CT molecular complexity index is 2790. The Labute approximate surface area is 332 Å². The molecule has 5 heteroatoms. The molecule has 1 aliphatic rings. The van der Waals surface area contributed by atoms with Crippen LogP contribution in [0.25, 0.3) is 90.1 Å². The van der Waals surface area contributed by atoms with Gasteiger partial charge in [-0.2, -0.15) is 0 Å². The van der Waals surface area contributed by atoms with Gasteiger partial charge in [-0.15, -0.1) is 0 Å². The molecule has 0 fully saturated rings. The Morgan fingerprint density at radius 1 is 0.316 bits per heavy atom. The van der Waals surface area contributed by atoms with Crippen molar-refractivity contribution in [1.29, 1.82) is 0 Å². The maximum Gasteiger partial charge on any atom is 0.164 e. The molecule has 0 bridgehead atoms. The first-order valence-corrected chi connectivity index (χ1v) is 19.2. The second kappa shape index (κ2) is 14.0. The number of rotatable bonds is 7. The molecule has 0 unspecified atom stereocenters. The average Bonchev–Trinajstić information content (AvgIpc) is 3.52. The minimum Gasteiger partial charge on any atom is -0.256 e. The van der Waals surface area contributed by atoms with Crippen LogP contribution in [0.4, 0.5) is 0 Å². The molecular weight excluding hydrogens is 695 g/mol. The summed E-state index contributed by atoms with van der Waals surface area (Å²) < 4.78 is 0. The molecule has 9 aromatic rings. The van der Waals surface area contributed by atoms with Crippen LogP contribution in [0.3, 0.4) is 0 Å². The lowest BCUT2D eigenvalue weighted by molar-refractivity contribution is 0.660. The van der Waals surface area contributed by atoms with E-state index in [-0.39, 0.29) is 5.41 Å². The van der Waals surface area contributed by atoms with Gasteiger partial charge in [0.1, 0.15) is 0 Å². The largest absolute Gasteiger partial charge is 0.256 e. The smallest absolute Gasteiger partial charge is 0.164 e. The lowest BCUT2D eigenvalue weighted by Crippen LogP contribution is -2.15. The minimum absolute atomic E-state index is 0.151. The van der Waals surface area contributed by atoms with Gasteiger partial charge in [-0.3, -0.25) is 9.97 Å². The van der Waals surface area contributed by atoms with Gasteiger partial charge in [0.25, 0.3) is 0 Å². The molecule has 0 radical (unpaired) electrons. The van der Waals surface area contributed by atoms with E-state index in [4.69, 9.17) is 15.0 Å². The van der Waals surface area contributed by atoms with Gasteiger partial charge in [0.2, 0.25) is 0 Å². The highest BCUT2D eigenvalue weighted by Gasteiger charge is 2.35. The Kier molecular flexibility index (Phi) is 8.41. The zero-order valence-electron chi connectivity index (χ0n) is 31.6. The predicted octanol–water partition coefficient (Wildman–Crippen LogP) is 12.6. The van der Waals surface area contributed by atoms with Gasteiger partial charge in [0.05, 0.1) is 11.4 Å². The molecule has 10 rings (SSSR count). The van der Waals surface area contributed by atoms with Crippen LogP contribution < -0.4 is 0 Å². The monoisotopic (exact) mass is 731 g/mol. The zero-order valence-corrected chi connectivity index (χ0v) is 31.6. The summed E-state index contributed by atoms with van der Waals surface area (Å²) in [7, 11) is 0. The van der Waals surface area contributed by atoms with Gasteiger partial charge < -0.3 is 0 Å². The molecule has 0 N–H and O–H groups in total. The number of hydrogen-bond donors (Lipinski definition) is 0. The molecule has 3 heterocycles. The summed E-state index contributed by atoms with van der Waals surface area (Å²) in [4.78, 5) is 24.7. The van der Waals surface area contributed by atoms with Crippen LogP contribution in [0.1, 0.15) is 25.0 Å². The first kappa shape index (κ1) is 34.1. The minimum atomic E-state index is -0.151. The van der Waals surface area contributed by atoms with Crippen LogP contribution in [0.2, 0.25) is 0 Å². The quantitative estimate of drug-likeness (QED) is 0.163. The molecule has 0 saturated heterocycles. The molecule has 3 aromatic heterocycles. The van der Waals surface area contributed by atoms with Crippen molar-refractivity contribution in [2.45, 2.75) is 19.3 Å². The number of aromatic nitrogens is 5. The third-order valence-corrected chi connectivity index (χ3v) is 11.1. The summed E-state index contributed by atoms with van der Waals surface area (Å²) in [6, 6.07) is 61.3. The van der Waals surface area contributed by atoms with Crippen molar-refractivity contribution in [3.8, 4) is 90.1 Å². The molecule has 5 nitrogen and oxygen atoms in total. The molecule has 0 aliphatic heterocycles. The fraction of sp³-hybridized carbons (Fsp3) is 0.0577. The zero-order chi connectivity index (χ0) is 38.3. The van der Waals surface area contributed by atoms with Gasteiger partial charge in [-0.05, 0) is 93.0 Å². The molecule has 1 aliphatic carbocycles. The number of benzene rings is 6. The van der Waals surface area contributed by atoms with Crippen molar-refractivity contribution in [2.75, 3.05) is 0 Å². The highest BCUT2D eigenvalue weighted by Crippen LogP contribution is 2.49. The number of nitrogens with zero attached hydrogens (tertiary/aromatic N) is 5. The Morgan fingerprint density at radius 3 is 1.35 bits per heavy atom. The first-order chi connectivity index (χ1) is 28.0. The van der Waals surface area contributed by atoms with E-state index in [0.29, 0.717) is 17.5 Å². The number of pyridine rings is 2. The highest BCUT2D eigenvalue weighted by atomic mass is 15.0. The maximum absolute atomic E-state index is 5.26. The van der Waals surface area contributed by atoms with Gasteiger partial charge in [0.15, 0.2) is 17.5 Å². The topological polar surface area (TPSA) is 64.5 Å². The van der Waals surface area contributed by atoms with Crippen LogP contribution in [-0.4, -0.2) is 24.9 Å². The Hall–Kier alpha value is -7.37. The maximum atomic E-state index is 5.26. The van der Waals surface area contributed by atoms with Crippen molar-refractivity contribution in [2.24, 2.45) is 0 Å². The summed E-state index contributed by atoms with van der Waals surface area (Å²) in [6.07, 6.45) is 3.65. The van der Waals surface area contributed by atoms with Crippen molar-refractivity contribution in [1.82, 2.24) is 24.9 Å². The molecule has 0 spiro atoms. The summed E-state index contributed by atoms with van der Waals surface area (Å²) in [5.41, 5.74) is 16.1. The van der Waals surface area contributed by atoms with Crippen molar-refractivity contribution in [3.05, 3.63) is 199 Å². The molecular formula is C52H37N5. The van der Waals surface area contributed by atoms with Gasteiger partial charge in [-0.1, -0.05) is 141 Å². The summed E-state index contributed by atoms with van der Waals surface area (Å²) >= 11 is 0. The van der Waals surface area contributed by atoms with Crippen LogP contribution in [-0.2, 0) is 5.41 Å².